The van der Waals surface area contributed by atoms with Gasteiger partial charge in [0, 0.05) is 17.5 Å². The van der Waals surface area contributed by atoms with Crippen LogP contribution in [0.3, 0.4) is 0 Å². The summed E-state index contributed by atoms with van der Waals surface area (Å²) in [7, 11) is 0. The first-order chi connectivity index (χ1) is 9.02. The zero-order chi connectivity index (χ0) is 15.6. The van der Waals surface area contributed by atoms with Crippen LogP contribution in [0.5, 0.6) is 0 Å². The van der Waals surface area contributed by atoms with Crippen molar-refractivity contribution in [2.24, 2.45) is 0 Å². The molecule has 0 aliphatic carbocycles. The summed E-state index contributed by atoms with van der Waals surface area (Å²) in [4.78, 5) is 0. The van der Waals surface area contributed by atoms with Gasteiger partial charge < -0.3 is 10.4 Å². The van der Waals surface area contributed by atoms with Gasteiger partial charge in [-0.3, -0.25) is 0 Å². The van der Waals surface area contributed by atoms with Crippen molar-refractivity contribution in [3.63, 3.8) is 0 Å². The highest BCUT2D eigenvalue weighted by atomic mass is 79.9. The van der Waals surface area contributed by atoms with E-state index in [9.17, 15) is 13.9 Å². The third kappa shape index (κ3) is 5.46. The lowest BCUT2D eigenvalue weighted by atomic mass is 9.92. The normalized spacial score (nSPS) is 15.2. The Morgan fingerprint density at radius 3 is 2.35 bits per heavy atom. The van der Waals surface area contributed by atoms with Gasteiger partial charge in [0.05, 0.1) is 10.1 Å². The molecule has 1 atom stereocenters. The molecule has 0 aliphatic rings. The molecule has 0 saturated carbocycles. The zero-order valence-electron chi connectivity index (χ0n) is 12.4. The predicted octanol–water partition coefficient (Wildman–Crippen LogP) is 3.80. The van der Waals surface area contributed by atoms with E-state index in [-0.39, 0.29) is 22.0 Å². The van der Waals surface area contributed by atoms with Gasteiger partial charge in [-0.15, -0.1) is 0 Å². The van der Waals surface area contributed by atoms with Crippen LogP contribution < -0.4 is 5.32 Å². The van der Waals surface area contributed by atoms with Crippen LogP contribution in [0.25, 0.3) is 0 Å². The predicted molar refractivity (Wildman–Crippen MR) is 80.8 cm³/mol. The van der Waals surface area contributed by atoms with Gasteiger partial charge in [-0.25, -0.2) is 8.78 Å². The minimum Gasteiger partial charge on any atom is -0.390 e. The van der Waals surface area contributed by atoms with Crippen molar-refractivity contribution in [2.45, 2.75) is 51.7 Å². The summed E-state index contributed by atoms with van der Waals surface area (Å²) in [6.07, 6.45) is 0.353. The summed E-state index contributed by atoms with van der Waals surface area (Å²) in [5, 5.41) is 13.6. The summed E-state index contributed by atoms with van der Waals surface area (Å²) < 4.78 is 27.8. The summed E-state index contributed by atoms with van der Waals surface area (Å²) >= 11 is 3.03. The molecule has 0 aliphatic heterocycles. The highest BCUT2D eigenvalue weighted by Gasteiger charge is 2.26. The van der Waals surface area contributed by atoms with E-state index in [0.717, 1.165) is 0 Å². The highest BCUT2D eigenvalue weighted by molar-refractivity contribution is 9.10. The third-order valence-electron chi connectivity index (χ3n) is 3.02. The van der Waals surface area contributed by atoms with Gasteiger partial charge in [0.1, 0.15) is 11.6 Å². The first kappa shape index (κ1) is 17.5. The molecule has 1 aromatic carbocycles. The Balaban J connectivity index is 2.74. The Bertz CT molecular complexity index is 470. The van der Waals surface area contributed by atoms with Crippen LogP contribution in [0.4, 0.5) is 8.78 Å². The molecule has 0 heterocycles. The quantitative estimate of drug-likeness (QED) is 0.792. The minimum absolute atomic E-state index is 0.0532. The number of benzene rings is 1. The second-order valence-electron chi connectivity index (χ2n) is 6.42. The van der Waals surface area contributed by atoms with Crippen molar-refractivity contribution in [3.05, 3.63) is 33.8 Å². The highest BCUT2D eigenvalue weighted by Crippen LogP contribution is 2.26. The smallest absolute Gasteiger partial charge is 0.143 e. The average Bonchev–Trinajstić information content (AvgIpc) is 2.28. The molecule has 0 radical (unpaired) electrons. The first-order valence-electron chi connectivity index (χ1n) is 6.62. The van der Waals surface area contributed by atoms with E-state index < -0.39 is 17.2 Å². The van der Waals surface area contributed by atoms with Crippen LogP contribution in [0.2, 0.25) is 0 Å². The van der Waals surface area contributed by atoms with E-state index in [4.69, 9.17) is 0 Å². The maximum absolute atomic E-state index is 13.9. The number of aliphatic hydroxyl groups is 1. The fourth-order valence-corrected chi connectivity index (χ4v) is 2.28. The van der Waals surface area contributed by atoms with Gasteiger partial charge in [0.2, 0.25) is 0 Å². The van der Waals surface area contributed by atoms with E-state index in [2.05, 4.69) is 21.2 Å². The summed E-state index contributed by atoms with van der Waals surface area (Å²) in [5.74, 6) is -1.27. The van der Waals surface area contributed by atoms with Gasteiger partial charge in [0.25, 0.3) is 0 Å². The molecule has 0 amide bonds. The monoisotopic (exact) mass is 349 g/mol. The Morgan fingerprint density at radius 2 is 1.80 bits per heavy atom. The molecule has 0 fully saturated rings. The maximum Gasteiger partial charge on any atom is 0.143 e. The lowest BCUT2D eigenvalue weighted by Gasteiger charge is -2.27. The standard InChI is InChI=1S/C15H22BrF2NO/c1-14(2,3)19-8-7-15(4,20)9-10-12(17)6-5-11(16)13(10)18/h5-6,19-20H,7-9H2,1-4H3. The second-order valence-corrected chi connectivity index (χ2v) is 7.28. The summed E-state index contributed by atoms with van der Waals surface area (Å²) in [6.45, 7) is 8.24. The Hall–Kier alpha value is -0.520. The third-order valence-corrected chi connectivity index (χ3v) is 3.63. The van der Waals surface area contributed by atoms with Crippen LogP contribution in [-0.2, 0) is 6.42 Å². The first-order valence-corrected chi connectivity index (χ1v) is 7.41. The van der Waals surface area contributed by atoms with Crippen LogP contribution in [0.1, 0.15) is 39.7 Å². The number of hydrogen-bond acceptors (Lipinski definition) is 2. The van der Waals surface area contributed by atoms with Crippen molar-refractivity contribution < 1.29 is 13.9 Å². The minimum atomic E-state index is -1.17. The van der Waals surface area contributed by atoms with Gasteiger partial charge in [-0.1, -0.05) is 0 Å². The van der Waals surface area contributed by atoms with Crippen molar-refractivity contribution in [2.75, 3.05) is 6.54 Å². The number of hydrogen-bond donors (Lipinski definition) is 2. The van der Waals surface area contributed by atoms with Gasteiger partial charge in [-0.05, 0) is 68.7 Å². The fourth-order valence-electron chi connectivity index (χ4n) is 1.91. The lowest BCUT2D eigenvalue weighted by Crippen LogP contribution is -2.40. The molecule has 1 rings (SSSR count). The molecule has 114 valence electrons. The molecule has 2 nitrogen and oxygen atoms in total. The van der Waals surface area contributed by atoms with Crippen LogP contribution >= 0.6 is 15.9 Å². The molecule has 0 saturated heterocycles. The molecule has 0 aromatic heterocycles. The zero-order valence-corrected chi connectivity index (χ0v) is 13.9. The Morgan fingerprint density at radius 1 is 1.20 bits per heavy atom. The van der Waals surface area contributed by atoms with E-state index in [0.29, 0.717) is 13.0 Å². The number of halogens is 3. The fraction of sp³-hybridized carbons (Fsp3) is 0.600. The van der Waals surface area contributed by atoms with Gasteiger partial charge in [0.15, 0.2) is 0 Å². The molecule has 0 spiro atoms. The van der Waals surface area contributed by atoms with Crippen molar-refractivity contribution >= 4 is 15.9 Å². The topological polar surface area (TPSA) is 32.3 Å². The van der Waals surface area contributed by atoms with Crippen molar-refractivity contribution in [3.8, 4) is 0 Å². The molecular formula is C15H22BrF2NO. The second kappa shape index (κ2) is 6.50. The molecule has 20 heavy (non-hydrogen) atoms. The number of rotatable bonds is 5. The van der Waals surface area contributed by atoms with E-state index in [1.54, 1.807) is 6.92 Å². The summed E-state index contributed by atoms with van der Waals surface area (Å²) in [6, 6.07) is 2.52. The maximum atomic E-state index is 13.9. The molecule has 5 heteroatoms. The number of nitrogens with one attached hydrogen (secondary N) is 1. The van der Waals surface area contributed by atoms with Crippen molar-refractivity contribution in [1.82, 2.24) is 5.32 Å². The van der Waals surface area contributed by atoms with Crippen LogP contribution in [0, 0.1) is 11.6 Å². The van der Waals surface area contributed by atoms with Gasteiger partial charge >= 0.3 is 0 Å². The molecular weight excluding hydrogens is 328 g/mol. The summed E-state index contributed by atoms with van der Waals surface area (Å²) in [5.41, 5.74) is -1.30. The molecule has 1 aromatic rings. The van der Waals surface area contributed by atoms with E-state index in [1.165, 1.54) is 12.1 Å². The molecule has 0 bridgehead atoms. The lowest BCUT2D eigenvalue weighted by molar-refractivity contribution is 0.0481. The average molecular weight is 350 g/mol. The Labute approximate surface area is 127 Å². The van der Waals surface area contributed by atoms with Crippen LogP contribution in [0.15, 0.2) is 16.6 Å². The van der Waals surface area contributed by atoms with Crippen molar-refractivity contribution in [1.29, 1.82) is 0 Å². The molecule has 2 N–H and O–H groups in total. The largest absolute Gasteiger partial charge is 0.390 e. The molecule has 1 unspecified atom stereocenters. The Kier molecular flexibility index (Phi) is 5.70. The SMILES string of the molecule is CC(O)(CCNC(C)(C)C)Cc1c(F)ccc(Br)c1F. The van der Waals surface area contributed by atoms with E-state index >= 15 is 0 Å². The van der Waals surface area contributed by atoms with Crippen LogP contribution in [-0.4, -0.2) is 22.8 Å². The van der Waals surface area contributed by atoms with Gasteiger partial charge in [-0.2, -0.15) is 0 Å². The van der Waals surface area contributed by atoms with E-state index in [1.807, 2.05) is 20.8 Å².